The fourth-order valence-electron chi connectivity index (χ4n) is 3.87. The Kier molecular flexibility index (Phi) is 4.40. The van der Waals surface area contributed by atoms with Gasteiger partial charge in [0.2, 0.25) is 6.79 Å². The molecule has 31 heavy (non-hydrogen) atoms. The second kappa shape index (κ2) is 9.54. The van der Waals surface area contributed by atoms with Gasteiger partial charge in [-0.25, -0.2) is 0 Å². The Bertz CT molecular complexity index is 1220. The van der Waals surface area contributed by atoms with Crippen LogP contribution in [0.4, 0.5) is 0 Å². The molecule has 0 aliphatic carbocycles. The second-order valence-corrected chi connectivity index (χ2v) is 7.64. The van der Waals surface area contributed by atoms with Crippen molar-refractivity contribution in [2.45, 2.75) is 31.4 Å². The summed E-state index contributed by atoms with van der Waals surface area (Å²) in [5.41, 5.74) is 1.51. The summed E-state index contributed by atoms with van der Waals surface area (Å²) < 4.78 is 69.2. The Labute approximate surface area is 192 Å². The van der Waals surface area contributed by atoms with E-state index in [2.05, 4.69) is 0 Å². The van der Waals surface area contributed by atoms with Gasteiger partial charge in [0.05, 0.1) is 11.6 Å². The number of rotatable bonds is 7. The molecule has 0 bridgehead atoms. The van der Waals surface area contributed by atoms with Crippen LogP contribution >= 0.6 is 0 Å². The number of ether oxygens (including phenoxy) is 3. The Hall–Kier alpha value is -2.82. The Morgan fingerprint density at radius 2 is 1.74 bits per heavy atom. The first-order valence-electron chi connectivity index (χ1n) is 13.6. The largest absolute Gasteiger partial charge is 0.454 e. The van der Waals surface area contributed by atoms with Gasteiger partial charge in [0.1, 0.15) is 6.08 Å². The molecule has 1 atom stereocenters. The standard InChI is InChI=1S/C27H29NO3/c1-3-8-22(9-4-1)27(23-10-5-2-6-11-23)31-24-12-7-16-28(19-24)17-15-21-13-14-25-26(18-21)30-20-29-25/h1-6,8-11,13-14,18,24,27H,7,12,15-17,19-20H2/t24-/m1/s1/i13D,14D,17D2,18D,27D. The molecule has 3 aromatic rings. The summed E-state index contributed by atoms with van der Waals surface area (Å²) in [4.78, 5) is 1.66. The fraction of sp³-hybridized carbons (Fsp3) is 0.333. The van der Waals surface area contributed by atoms with Gasteiger partial charge in [-0.3, -0.25) is 0 Å². The minimum atomic E-state index is -1.90. The van der Waals surface area contributed by atoms with Crippen molar-refractivity contribution < 1.29 is 22.4 Å². The summed E-state index contributed by atoms with van der Waals surface area (Å²) in [6.07, 6.45) is -0.750. The lowest BCUT2D eigenvalue weighted by molar-refractivity contribution is -0.0330. The van der Waals surface area contributed by atoms with E-state index in [0.29, 0.717) is 30.5 Å². The summed E-state index contributed by atoms with van der Waals surface area (Å²) in [5, 5.41) is 0. The van der Waals surface area contributed by atoms with Gasteiger partial charge in [-0.1, -0.05) is 66.7 Å². The molecule has 2 heterocycles. The van der Waals surface area contributed by atoms with Gasteiger partial charge < -0.3 is 19.1 Å². The summed E-state index contributed by atoms with van der Waals surface area (Å²) in [5.74, 6) is 0.163. The number of piperidine rings is 1. The molecule has 0 N–H and O–H groups in total. The second-order valence-electron chi connectivity index (χ2n) is 7.64. The molecule has 160 valence electrons. The molecule has 0 saturated carbocycles. The van der Waals surface area contributed by atoms with Crippen molar-refractivity contribution in [3.63, 3.8) is 0 Å². The van der Waals surface area contributed by atoms with Crippen LogP contribution < -0.4 is 9.47 Å². The quantitative estimate of drug-likeness (QED) is 0.523. The number of fused-ring (bicyclic) bond motifs is 1. The third-order valence-corrected chi connectivity index (χ3v) is 5.42. The van der Waals surface area contributed by atoms with Crippen molar-refractivity contribution >= 4 is 0 Å². The van der Waals surface area contributed by atoms with Crippen LogP contribution in [0.5, 0.6) is 11.5 Å². The molecule has 0 aromatic heterocycles. The normalized spacial score (nSPS) is 22.0. The van der Waals surface area contributed by atoms with E-state index in [1.807, 2.05) is 60.7 Å². The average Bonchev–Trinajstić information content (AvgIpc) is 3.42. The maximum atomic E-state index is 9.36. The summed E-state index contributed by atoms with van der Waals surface area (Å²) in [6, 6.07) is 18.2. The highest BCUT2D eigenvalue weighted by Crippen LogP contribution is 2.33. The number of likely N-dealkylation sites (tertiary alicyclic amines) is 1. The predicted molar refractivity (Wildman–Crippen MR) is 122 cm³/mol. The lowest BCUT2D eigenvalue weighted by Gasteiger charge is -2.35. The highest BCUT2D eigenvalue weighted by Gasteiger charge is 2.25. The van der Waals surface area contributed by atoms with Crippen LogP contribution in [0.1, 0.15) is 43.8 Å². The predicted octanol–water partition coefficient (Wildman–Crippen LogP) is 5.23. The molecule has 2 aliphatic rings. The smallest absolute Gasteiger partial charge is 0.231 e. The van der Waals surface area contributed by atoms with E-state index >= 15 is 0 Å². The van der Waals surface area contributed by atoms with Crippen LogP contribution in [0.3, 0.4) is 0 Å². The van der Waals surface area contributed by atoms with E-state index in [0.717, 1.165) is 0 Å². The Morgan fingerprint density at radius 1 is 1.03 bits per heavy atom. The van der Waals surface area contributed by atoms with E-state index in [1.165, 1.54) is 0 Å². The molecular formula is C27H29NO3. The molecule has 3 aromatic carbocycles. The first kappa shape index (κ1) is 14.3. The first-order valence-corrected chi connectivity index (χ1v) is 10.6. The number of benzene rings is 3. The van der Waals surface area contributed by atoms with Crippen LogP contribution in [0, 0.1) is 0 Å². The van der Waals surface area contributed by atoms with E-state index in [1.54, 1.807) is 4.90 Å². The zero-order valence-electron chi connectivity index (χ0n) is 23.3. The Balaban J connectivity index is 1.39. The van der Waals surface area contributed by atoms with Gasteiger partial charge in [0.15, 0.2) is 11.5 Å². The number of hydrogen-bond acceptors (Lipinski definition) is 4. The minimum absolute atomic E-state index is 0.0688. The van der Waals surface area contributed by atoms with Crippen molar-refractivity contribution in [2.24, 2.45) is 0 Å². The van der Waals surface area contributed by atoms with Crippen LogP contribution in [0.15, 0.2) is 78.8 Å². The fourth-order valence-corrected chi connectivity index (χ4v) is 3.87. The van der Waals surface area contributed by atoms with Crippen molar-refractivity contribution in [3.05, 3.63) is 95.5 Å². The van der Waals surface area contributed by atoms with Crippen LogP contribution in [0.2, 0.25) is 0 Å². The number of hydrogen-bond donors (Lipinski definition) is 0. The molecule has 0 spiro atoms. The zero-order chi connectivity index (χ0) is 26.2. The molecule has 1 fully saturated rings. The van der Waals surface area contributed by atoms with Gasteiger partial charge in [-0.2, -0.15) is 0 Å². The van der Waals surface area contributed by atoms with Gasteiger partial charge in [-0.05, 0) is 54.6 Å². The van der Waals surface area contributed by atoms with Crippen molar-refractivity contribution in [1.29, 1.82) is 0 Å². The highest BCUT2D eigenvalue weighted by molar-refractivity contribution is 5.44. The average molecular weight is 422 g/mol. The third kappa shape index (κ3) is 4.92. The van der Waals surface area contributed by atoms with E-state index in [4.69, 9.17) is 21.1 Å². The molecule has 5 rings (SSSR count). The zero-order valence-corrected chi connectivity index (χ0v) is 17.3. The number of nitrogens with zero attached hydrogens (tertiary/aromatic N) is 1. The van der Waals surface area contributed by atoms with Gasteiger partial charge >= 0.3 is 0 Å². The summed E-state index contributed by atoms with van der Waals surface area (Å²) >= 11 is 0. The Morgan fingerprint density at radius 3 is 2.48 bits per heavy atom. The monoisotopic (exact) mass is 421 g/mol. The molecule has 4 heteroatoms. The van der Waals surface area contributed by atoms with Crippen LogP contribution in [0.25, 0.3) is 0 Å². The van der Waals surface area contributed by atoms with Crippen molar-refractivity contribution in [3.8, 4) is 11.5 Å². The van der Waals surface area contributed by atoms with Crippen molar-refractivity contribution in [2.75, 3.05) is 26.4 Å². The summed E-state index contributed by atoms with van der Waals surface area (Å²) in [6.45, 7) is -1.29. The maximum absolute atomic E-state index is 9.36. The highest BCUT2D eigenvalue weighted by atomic mass is 16.7. The SMILES string of the molecule is [2H]c1c([2H])c2c(c([2H])c1CC([2H])([2H])N1CCC[C@@H](OC([2H])(c3ccccc3)c3ccccc3)C1)OCO2. The molecule has 0 amide bonds. The van der Waals surface area contributed by atoms with E-state index in [-0.39, 0.29) is 54.9 Å². The topological polar surface area (TPSA) is 30.9 Å². The van der Waals surface area contributed by atoms with Crippen LogP contribution in [-0.4, -0.2) is 37.4 Å². The van der Waals surface area contributed by atoms with Gasteiger partial charge in [0.25, 0.3) is 0 Å². The first-order chi connectivity index (χ1) is 17.7. The van der Waals surface area contributed by atoms with E-state index < -0.39 is 18.7 Å². The third-order valence-electron chi connectivity index (χ3n) is 5.42. The lowest BCUT2D eigenvalue weighted by Crippen LogP contribution is -2.41. The minimum Gasteiger partial charge on any atom is -0.454 e. The molecule has 0 radical (unpaired) electrons. The van der Waals surface area contributed by atoms with Gasteiger partial charge in [-0.15, -0.1) is 0 Å². The molecule has 4 nitrogen and oxygen atoms in total. The summed E-state index contributed by atoms with van der Waals surface area (Å²) in [7, 11) is 0. The lowest BCUT2D eigenvalue weighted by atomic mass is 10.00. The van der Waals surface area contributed by atoms with Crippen molar-refractivity contribution in [1.82, 2.24) is 4.90 Å². The van der Waals surface area contributed by atoms with E-state index in [9.17, 15) is 1.37 Å². The molecule has 2 aliphatic heterocycles. The molecule has 0 unspecified atom stereocenters. The molecular weight excluding hydrogens is 386 g/mol. The van der Waals surface area contributed by atoms with Crippen LogP contribution in [-0.2, 0) is 11.2 Å². The van der Waals surface area contributed by atoms with Gasteiger partial charge in [0, 0.05) is 15.8 Å². The molecule has 1 saturated heterocycles. The maximum Gasteiger partial charge on any atom is 0.231 e.